The molecule has 1 atom stereocenters. The molecule has 0 aliphatic carbocycles. The predicted octanol–water partition coefficient (Wildman–Crippen LogP) is 1.02. The molecule has 1 amide bonds. The van der Waals surface area contributed by atoms with Crippen LogP contribution < -0.4 is 11.5 Å². The molecule has 0 heterocycles. The van der Waals surface area contributed by atoms with E-state index in [4.69, 9.17) is 23.1 Å². The number of hydrogen-bond acceptors (Lipinski definition) is 2. The van der Waals surface area contributed by atoms with Gasteiger partial charge in [0.2, 0.25) is 0 Å². The smallest absolute Gasteiger partial charge is 0.255 e. The Balaban J connectivity index is 2.69. The largest absolute Gasteiger partial charge is 0.320 e. The third kappa shape index (κ3) is 3.05. The van der Waals surface area contributed by atoms with Crippen LogP contribution in [0.25, 0.3) is 0 Å². The van der Waals surface area contributed by atoms with Crippen LogP contribution >= 0.6 is 11.6 Å². The summed E-state index contributed by atoms with van der Waals surface area (Å²) < 4.78 is 0. The van der Waals surface area contributed by atoms with E-state index in [1.54, 1.807) is 18.2 Å². The number of rotatable bonds is 3. The Morgan fingerprint density at radius 2 is 2.31 bits per heavy atom. The summed E-state index contributed by atoms with van der Waals surface area (Å²) in [5, 5.41) is 0.613. The molecule has 4 heteroatoms. The van der Waals surface area contributed by atoms with Crippen molar-refractivity contribution < 1.29 is 4.79 Å². The summed E-state index contributed by atoms with van der Waals surface area (Å²) in [5.41, 5.74) is 13.1. The fourth-order valence-corrected chi connectivity index (χ4v) is 1.22. The Morgan fingerprint density at radius 3 is 2.85 bits per heavy atom. The molecule has 3 nitrogen and oxygen atoms in total. The number of amides is 1. The van der Waals surface area contributed by atoms with Crippen molar-refractivity contribution in [2.45, 2.75) is 12.5 Å². The highest BCUT2D eigenvalue weighted by atomic mass is 35.5. The highest BCUT2D eigenvalue weighted by molar-refractivity contribution is 6.30. The number of halogens is 1. The van der Waals surface area contributed by atoms with Crippen LogP contribution in [0.4, 0.5) is 0 Å². The van der Waals surface area contributed by atoms with E-state index >= 15 is 0 Å². The van der Waals surface area contributed by atoms with Gasteiger partial charge in [0.15, 0.2) is 0 Å². The Morgan fingerprint density at radius 1 is 1.62 bits per heavy atom. The second-order valence-electron chi connectivity index (χ2n) is 2.80. The fraction of sp³-hybridized carbons (Fsp3) is 0.222. The molecule has 69 valence electrons. The topological polar surface area (TPSA) is 66.9 Å². The highest BCUT2D eigenvalue weighted by Gasteiger charge is 2.10. The first kappa shape index (κ1) is 10.0. The van der Waals surface area contributed by atoms with E-state index in [1.807, 2.05) is 6.07 Å². The van der Waals surface area contributed by atoms with Gasteiger partial charge in [-0.3, -0.25) is 10.5 Å². The summed E-state index contributed by atoms with van der Waals surface area (Å²) in [6.45, 7) is 0. The van der Waals surface area contributed by atoms with Gasteiger partial charge in [0.25, 0.3) is 5.91 Å². The lowest BCUT2D eigenvalue weighted by Gasteiger charge is -2.06. The van der Waals surface area contributed by atoms with Crippen LogP contribution in [0.3, 0.4) is 0 Å². The lowest BCUT2D eigenvalue weighted by molar-refractivity contribution is -0.119. The zero-order valence-corrected chi connectivity index (χ0v) is 7.71. The van der Waals surface area contributed by atoms with Crippen molar-refractivity contribution in [2.24, 2.45) is 5.73 Å². The van der Waals surface area contributed by atoms with Crippen LogP contribution in [0.1, 0.15) is 5.56 Å². The molecule has 0 aromatic heterocycles. The van der Waals surface area contributed by atoms with Crippen molar-refractivity contribution in [1.82, 2.24) is 5.73 Å². The monoisotopic (exact) mass is 197 g/mol. The van der Waals surface area contributed by atoms with E-state index in [0.29, 0.717) is 11.4 Å². The van der Waals surface area contributed by atoms with Crippen LogP contribution in [0, 0.1) is 0 Å². The van der Waals surface area contributed by atoms with Gasteiger partial charge in [0.1, 0.15) is 0 Å². The summed E-state index contributed by atoms with van der Waals surface area (Å²) in [4.78, 5) is 10.5. The van der Waals surface area contributed by atoms with E-state index in [9.17, 15) is 4.79 Å². The zero-order chi connectivity index (χ0) is 9.84. The Kier molecular flexibility index (Phi) is 3.28. The van der Waals surface area contributed by atoms with Gasteiger partial charge >= 0.3 is 0 Å². The van der Waals surface area contributed by atoms with Crippen LogP contribution in [0.2, 0.25) is 5.02 Å². The molecule has 0 fully saturated rings. The number of hydrogen-bond donors (Lipinski definition) is 1. The molecule has 0 saturated carbocycles. The second-order valence-corrected chi connectivity index (χ2v) is 3.24. The first-order chi connectivity index (χ1) is 6.09. The van der Waals surface area contributed by atoms with Crippen LogP contribution in [-0.4, -0.2) is 11.9 Å². The number of nitrogens with two attached hydrogens (primary N) is 1. The molecule has 13 heavy (non-hydrogen) atoms. The fourth-order valence-electron chi connectivity index (χ4n) is 1.01. The number of nitrogens with one attached hydrogen (secondary N) is 1. The van der Waals surface area contributed by atoms with Gasteiger partial charge in [-0.1, -0.05) is 23.7 Å². The lowest BCUT2D eigenvalue weighted by Crippen LogP contribution is -2.33. The quantitative estimate of drug-likeness (QED) is 0.786. The summed E-state index contributed by atoms with van der Waals surface area (Å²) >= 11 is 5.74. The van der Waals surface area contributed by atoms with Gasteiger partial charge in [0.05, 0.1) is 6.04 Å². The van der Waals surface area contributed by atoms with E-state index in [0.717, 1.165) is 5.56 Å². The van der Waals surface area contributed by atoms with Gasteiger partial charge in [-0.2, -0.15) is 0 Å². The molecule has 0 unspecified atom stereocenters. The maximum Gasteiger partial charge on any atom is 0.255 e. The minimum atomic E-state index is -0.751. The molecular weight excluding hydrogens is 188 g/mol. The van der Waals surface area contributed by atoms with Gasteiger partial charge in [-0.05, 0) is 24.1 Å². The molecule has 0 spiro atoms. The van der Waals surface area contributed by atoms with Crippen molar-refractivity contribution in [2.75, 3.05) is 0 Å². The summed E-state index contributed by atoms with van der Waals surface area (Å²) in [6.07, 6.45) is 0.364. The second kappa shape index (κ2) is 4.25. The Bertz CT molecular complexity index is 314. The molecule has 0 bridgehead atoms. The highest BCUT2D eigenvalue weighted by Crippen LogP contribution is 2.11. The average molecular weight is 198 g/mol. The summed E-state index contributed by atoms with van der Waals surface area (Å²) in [7, 11) is 0. The minimum Gasteiger partial charge on any atom is -0.320 e. The first-order valence-corrected chi connectivity index (χ1v) is 4.23. The molecule has 0 saturated heterocycles. The Labute approximate surface area is 81.7 Å². The standard InChI is InChI=1S/C9H10ClN2O/c10-7-3-1-2-6(4-7)5-8(11)9(12)13/h1-4,8,12H,5,11H2/t8-/m0/s1. The van der Waals surface area contributed by atoms with E-state index in [2.05, 4.69) is 0 Å². The minimum absolute atomic E-state index is 0.364. The van der Waals surface area contributed by atoms with E-state index in [1.165, 1.54) is 0 Å². The van der Waals surface area contributed by atoms with Crippen LogP contribution in [0.15, 0.2) is 24.3 Å². The maximum atomic E-state index is 10.5. The normalized spacial score (nSPS) is 12.5. The Hall–Kier alpha value is -1.06. The van der Waals surface area contributed by atoms with Gasteiger partial charge in [-0.25, -0.2) is 0 Å². The van der Waals surface area contributed by atoms with Crippen LogP contribution in [-0.2, 0) is 11.2 Å². The molecule has 0 aliphatic heterocycles. The summed E-state index contributed by atoms with van der Waals surface area (Å²) in [6, 6.07) is 6.36. The van der Waals surface area contributed by atoms with E-state index in [-0.39, 0.29) is 0 Å². The van der Waals surface area contributed by atoms with Crippen molar-refractivity contribution in [3.05, 3.63) is 34.9 Å². The number of benzene rings is 1. The third-order valence-electron chi connectivity index (χ3n) is 1.68. The summed E-state index contributed by atoms with van der Waals surface area (Å²) in [5.74, 6) is -0.750. The molecule has 0 aliphatic rings. The molecular formula is C9H10ClN2O. The van der Waals surface area contributed by atoms with E-state index < -0.39 is 11.9 Å². The number of carbonyl (C=O) groups excluding carboxylic acids is 1. The first-order valence-electron chi connectivity index (χ1n) is 3.85. The third-order valence-corrected chi connectivity index (χ3v) is 1.92. The maximum absolute atomic E-state index is 10.5. The van der Waals surface area contributed by atoms with Crippen LogP contribution in [0.5, 0.6) is 0 Å². The van der Waals surface area contributed by atoms with Crippen molar-refractivity contribution in [3.8, 4) is 0 Å². The lowest BCUT2D eigenvalue weighted by atomic mass is 10.1. The average Bonchev–Trinajstić information content (AvgIpc) is 2.04. The molecule has 1 radical (unpaired) electrons. The SMILES string of the molecule is [NH]C(=O)[C@@H](N)Cc1cccc(Cl)c1. The molecule has 1 aromatic carbocycles. The predicted molar refractivity (Wildman–Crippen MR) is 51.2 cm³/mol. The molecule has 1 rings (SSSR count). The van der Waals surface area contributed by atoms with Gasteiger partial charge < -0.3 is 5.73 Å². The number of carbonyl (C=O) groups is 1. The van der Waals surface area contributed by atoms with Crippen molar-refractivity contribution in [3.63, 3.8) is 0 Å². The van der Waals surface area contributed by atoms with Crippen molar-refractivity contribution >= 4 is 17.5 Å². The van der Waals surface area contributed by atoms with Gasteiger partial charge in [-0.15, -0.1) is 0 Å². The van der Waals surface area contributed by atoms with Crippen molar-refractivity contribution in [1.29, 1.82) is 0 Å². The van der Waals surface area contributed by atoms with Gasteiger partial charge in [0, 0.05) is 5.02 Å². The molecule has 1 aromatic rings. The zero-order valence-electron chi connectivity index (χ0n) is 6.96. The molecule has 3 N–H and O–H groups in total.